The van der Waals surface area contributed by atoms with Gasteiger partial charge >= 0.3 is 5.97 Å². The summed E-state index contributed by atoms with van der Waals surface area (Å²) in [5.74, 6) is -22.8. The number of hydrogen-bond donors (Lipinski definition) is 28. The molecule has 0 aromatic heterocycles. The quantitative estimate of drug-likeness (QED) is 0.0116. The molecule has 646 valence electrons. The lowest BCUT2D eigenvalue weighted by Crippen LogP contribution is -2.63. The number of aliphatic imine (C=N–C) groups is 2. The molecule has 1 heterocycles. The molecule has 48 heteroatoms. The third-order valence-corrected chi connectivity index (χ3v) is 18.8. The minimum absolute atomic E-state index is 0.00455. The Morgan fingerprint density at radius 3 is 1.14 bits per heavy atom. The number of carboxylic acids is 1. The van der Waals surface area contributed by atoms with Gasteiger partial charge in [0.25, 0.3) is 0 Å². The fourth-order valence-corrected chi connectivity index (χ4v) is 11.5. The molecule has 0 aromatic carbocycles. The van der Waals surface area contributed by atoms with Crippen molar-refractivity contribution in [2.45, 2.75) is 229 Å². The third kappa shape index (κ3) is 34.8. The molecule has 0 bridgehead atoms. The van der Waals surface area contributed by atoms with Gasteiger partial charge in [-0.15, -0.1) is 0 Å². The molecular weight excluding hydrogens is 1550 g/mol. The Labute approximate surface area is 668 Å². The maximum absolute atomic E-state index is 14.2. The molecule has 1 aliphatic heterocycles. The highest BCUT2D eigenvalue weighted by Crippen LogP contribution is 2.21. The highest BCUT2D eigenvalue weighted by molar-refractivity contribution is 7.80. The van der Waals surface area contributed by atoms with Crippen molar-refractivity contribution < 1.29 is 112 Å². The van der Waals surface area contributed by atoms with Gasteiger partial charge in [0.1, 0.15) is 90.6 Å². The van der Waals surface area contributed by atoms with E-state index in [0.717, 1.165) is 18.7 Å². The largest absolute Gasteiger partial charge is 0.480 e. The van der Waals surface area contributed by atoms with Crippen molar-refractivity contribution >= 4 is 138 Å². The third-order valence-electron chi connectivity index (χ3n) is 18.1. The summed E-state index contributed by atoms with van der Waals surface area (Å²) < 4.78 is 0. The Morgan fingerprint density at radius 2 is 0.754 bits per heavy atom. The van der Waals surface area contributed by atoms with Crippen molar-refractivity contribution in [1.29, 1.82) is 0 Å². The van der Waals surface area contributed by atoms with Crippen LogP contribution < -0.4 is 109 Å². The van der Waals surface area contributed by atoms with E-state index in [0.29, 0.717) is 0 Å². The number of thiol groups is 2. The fourth-order valence-electron chi connectivity index (χ4n) is 11.0. The molecule has 33 N–H and O–H groups in total. The average Bonchev–Trinajstić information content (AvgIpc) is 1.35. The topological polar surface area (TPSA) is 778 Å². The van der Waals surface area contributed by atoms with Crippen LogP contribution in [0.2, 0.25) is 0 Å². The summed E-state index contributed by atoms with van der Waals surface area (Å²) in [5.41, 5.74) is 38.1. The number of aliphatic hydroxyl groups excluding tert-OH is 5. The monoisotopic (exact) mass is 1660 g/mol. The molecule has 1 saturated heterocycles. The van der Waals surface area contributed by atoms with Crippen LogP contribution in [0.25, 0.3) is 0 Å². The molecule has 0 saturated carbocycles. The van der Waals surface area contributed by atoms with Gasteiger partial charge in [-0.05, 0) is 76.5 Å². The van der Waals surface area contributed by atoms with Crippen molar-refractivity contribution in [3.63, 3.8) is 0 Å². The number of carbonyl (C=O) groups excluding carboxylic acids is 16. The first-order chi connectivity index (χ1) is 53.4. The van der Waals surface area contributed by atoms with Crippen LogP contribution in [-0.4, -0.2) is 302 Å². The van der Waals surface area contributed by atoms with E-state index in [9.17, 15) is 112 Å². The van der Waals surface area contributed by atoms with Gasteiger partial charge in [0.15, 0.2) is 11.9 Å². The van der Waals surface area contributed by atoms with E-state index in [-0.39, 0.29) is 82.9 Å². The number of nitrogens with one attached hydrogen (secondary N) is 13. The lowest BCUT2D eigenvalue weighted by Gasteiger charge is -2.30. The summed E-state index contributed by atoms with van der Waals surface area (Å²) >= 11 is 8.41. The Bertz CT molecular complexity index is 3370. The predicted octanol–water partition coefficient (Wildman–Crippen LogP) is -12.7. The molecule has 19 atom stereocenters. The van der Waals surface area contributed by atoms with Crippen LogP contribution in [0.5, 0.6) is 0 Å². The van der Waals surface area contributed by atoms with Gasteiger partial charge < -0.3 is 145 Å². The molecule has 0 aliphatic carbocycles. The normalized spacial score (nSPS) is 17.2. The first-order valence-corrected chi connectivity index (χ1v) is 38.0. The molecule has 0 aromatic rings. The molecule has 0 radical (unpaired) electrons. The number of likely N-dealkylation sites (tertiary alicyclic amines) is 1. The lowest BCUT2D eigenvalue weighted by atomic mass is 9.96. The highest BCUT2D eigenvalue weighted by Gasteiger charge is 2.42. The van der Waals surface area contributed by atoms with Gasteiger partial charge in [0.2, 0.25) is 94.5 Å². The zero-order valence-electron chi connectivity index (χ0n) is 64.9. The summed E-state index contributed by atoms with van der Waals surface area (Å²) in [6.07, 6.45) is -4.82. The van der Waals surface area contributed by atoms with Crippen LogP contribution in [0.3, 0.4) is 0 Å². The SMILES string of the molecule is CC[C@H](C)[C@H](NC(=O)[C@H](CO)NC(=O)[C@@H](NC(=O)[C@H](CS)NC(=O)[C@@H](NC(=O)[C@H](CS)NC(=O)[C@H](CCCN=C(N)N)NC(=O)[C@@H](NC(=O)[C@@H](NC(=O)[C@H](CCCN=C(N)N)NC(=O)[C@@H](N)CO)[C@@H](C)O)C(C)C)[C@@H](C)O)[C@@H](C)CC)C(=O)N[C@@H](CO)C(=O)N[C@@H](CC(N)=O)C(=O)N[C@@H](CCC(N)=O)C(=O)N1CCC[C@H]1C(=O)O. The van der Waals surface area contributed by atoms with Crippen LogP contribution in [0.1, 0.15) is 126 Å². The van der Waals surface area contributed by atoms with Crippen LogP contribution in [-0.2, 0) is 81.5 Å². The van der Waals surface area contributed by atoms with E-state index in [4.69, 9.17) is 40.1 Å². The number of amides is 16. The number of nitrogens with two attached hydrogens (primary N) is 7. The Balaban J connectivity index is 3.43. The fraction of sp³-hybridized carbons (Fsp3) is 0.712. The molecule has 46 nitrogen and oxygen atoms in total. The van der Waals surface area contributed by atoms with Crippen LogP contribution in [0.15, 0.2) is 9.98 Å². The van der Waals surface area contributed by atoms with Gasteiger partial charge in [-0.25, -0.2) is 4.79 Å². The summed E-state index contributed by atoms with van der Waals surface area (Å²) in [6, 6.07) is -24.8. The molecule has 1 fully saturated rings. The molecule has 0 spiro atoms. The first kappa shape index (κ1) is 102. The number of nitrogens with zero attached hydrogens (tertiary/aromatic N) is 3. The summed E-state index contributed by atoms with van der Waals surface area (Å²) in [5, 5.41) is 92.1. The second kappa shape index (κ2) is 51.7. The smallest absolute Gasteiger partial charge is 0.326 e. The maximum Gasteiger partial charge on any atom is 0.326 e. The van der Waals surface area contributed by atoms with Gasteiger partial charge in [-0.1, -0.05) is 54.4 Å². The standard InChI is InChI=1S/C66H117N23O23S2/c1-9-29(5)46(59(106)80-38(24-91)54(101)79-37(22-44(69)96)53(100)78-36(17-18-43(68)95)63(110)89-21-13-16-42(89)64(111)112)85-55(102)39(25-92)81-60(107)47(30(6)10-2)86-56(103)41(27-114)83-61(108)48(31(7)93)88-57(104)40(26-113)82-51(98)34(14-11-19-74-65(70)71)77-58(105)45(28(3)4)84-62(109)49(32(8)94)87-52(99)35(15-12-20-75-66(72)73)76-50(97)33(67)23-90/h28-42,45-49,90-94,113-114H,9-27,67H2,1-8H3,(H2,68,95)(H2,69,96)(H,76,97)(H,77,105)(H,78,100)(H,79,101)(H,80,106)(H,81,107)(H,82,98)(H,83,108)(H,84,109)(H,85,102)(H,86,103)(H,87,99)(H,88,104)(H,111,112)(H4,70,71,74)(H4,72,73,75)/t29-,30-,31+,32+,33-,34-,35-,36-,37-,38-,39-,40-,41-,42-,45-,46-,47-,48-,49-/m0/s1. The lowest BCUT2D eigenvalue weighted by molar-refractivity contribution is -0.149. The number of carbonyl (C=O) groups is 17. The minimum atomic E-state index is -1.95. The Hall–Kier alpha value is -10.0. The zero-order valence-corrected chi connectivity index (χ0v) is 66.7. The number of carboxylic acid groups (broad SMARTS) is 1. The Morgan fingerprint density at radius 1 is 0.421 bits per heavy atom. The highest BCUT2D eigenvalue weighted by atomic mass is 32.1. The number of aliphatic hydroxyl groups is 5. The summed E-state index contributed by atoms with van der Waals surface area (Å²) in [7, 11) is 0. The van der Waals surface area contributed by atoms with E-state index >= 15 is 0 Å². The molecule has 1 aliphatic rings. The van der Waals surface area contributed by atoms with Crippen LogP contribution >= 0.6 is 25.3 Å². The number of rotatable bonds is 53. The van der Waals surface area contributed by atoms with Crippen molar-refractivity contribution in [3.05, 3.63) is 0 Å². The van der Waals surface area contributed by atoms with Crippen LogP contribution in [0, 0.1) is 17.8 Å². The van der Waals surface area contributed by atoms with E-state index in [1.54, 1.807) is 13.8 Å². The maximum atomic E-state index is 14.2. The number of primary amides is 2. The van der Waals surface area contributed by atoms with Crippen molar-refractivity contribution in [2.24, 2.45) is 67.9 Å². The summed E-state index contributed by atoms with van der Waals surface area (Å²) in [4.78, 5) is 238. The predicted molar refractivity (Wildman–Crippen MR) is 414 cm³/mol. The van der Waals surface area contributed by atoms with Crippen molar-refractivity contribution in [1.82, 2.24) is 74.0 Å². The van der Waals surface area contributed by atoms with Gasteiger partial charge in [0, 0.05) is 37.6 Å². The molecule has 114 heavy (non-hydrogen) atoms. The molecular formula is C66H117N23O23S2. The first-order valence-electron chi connectivity index (χ1n) is 36.7. The number of guanidine groups is 2. The van der Waals surface area contributed by atoms with E-state index in [1.165, 1.54) is 27.7 Å². The van der Waals surface area contributed by atoms with Crippen LogP contribution in [0.4, 0.5) is 0 Å². The van der Waals surface area contributed by atoms with Crippen molar-refractivity contribution in [2.75, 3.05) is 51.0 Å². The molecule has 0 unspecified atom stereocenters. The van der Waals surface area contributed by atoms with Crippen molar-refractivity contribution in [3.8, 4) is 0 Å². The van der Waals surface area contributed by atoms with E-state index in [1.807, 2.05) is 0 Å². The van der Waals surface area contributed by atoms with Gasteiger partial charge in [0.05, 0.1) is 38.4 Å². The van der Waals surface area contributed by atoms with Gasteiger partial charge in [-0.2, -0.15) is 25.3 Å². The molecule has 1 rings (SSSR count). The second-order valence-electron chi connectivity index (χ2n) is 27.5. The van der Waals surface area contributed by atoms with Gasteiger partial charge in [-0.3, -0.25) is 86.7 Å². The average molecular weight is 1660 g/mol. The number of aliphatic carboxylic acids is 1. The van der Waals surface area contributed by atoms with E-state index < -0.39 is 272 Å². The zero-order chi connectivity index (χ0) is 87.1. The number of hydrogen-bond acceptors (Lipinski definition) is 27. The Kier molecular flexibility index (Phi) is 46.2. The second-order valence-corrected chi connectivity index (χ2v) is 28.3. The molecule has 16 amide bonds. The minimum Gasteiger partial charge on any atom is -0.480 e. The van der Waals surface area contributed by atoms with E-state index in [2.05, 4.69) is 104 Å². The summed E-state index contributed by atoms with van der Waals surface area (Å²) in [6.45, 7) is 8.23.